The molecule has 0 bridgehead atoms. The number of aromatic nitrogens is 1. The molecule has 0 aliphatic carbocycles. The van der Waals surface area contributed by atoms with Crippen LogP contribution in [0.3, 0.4) is 0 Å². The Morgan fingerprint density at radius 1 is 1.14 bits per heavy atom. The van der Waals surface area contributed by atoms with Gasteiger partial charge >= 0.3 is 5.97 Å². The minimum atomic E-state index is -0.907. The molecule has 3 heterocycles. The number of aliphatic hydroxyl groups is 1. The van der Waals surface area contributed by atoms with Gasteiger partial charge in [0.1, 0.15) is 0 Å². The Morgan fingerprint density at radius 3 is 2.57 bits per heavy atom. The third kappa shape index (κ3) is 3.92. The number of ketones is 1. The van der Waals surface area contributed by atoms with Gasteiger partial charge in [0.05, 0.1) is 39.4 Å². The molecule has 1 aliphatic heterocycles. The molecule has 1 aliphatic rings. The summed E-state index contributed by atoms with van der Waals surface area (Å²) in [5.74, 6) is -2.22. The van der Waals surface area contributed by atoms with Gasteiger partial charge in [-0.2, -0.15) is 0 Å². The Hall–Kier alpha value is -3.82. The Bertz CT molecular complexity index is 1490. The lowest BCUT2D eigenvalue weighted by molar-refractivity contribution is -0.117. The molecule has 0 fully saturated rings. The van der Waals surface area contributed by atoms with Gasteiger partial charge in [-0.25, -0.2) is 9.78 Å². The predicted octanol–water partition coefficient (Wildman–Crippen LogP) is 5.49. The average Bonchev–Trinajstić information content (AvgIpc) is 3.61. The number of anilines is 1. The maximum atomic E-state index is 13.4. The summed E-state index contributed by atoms with van der Waals surface area (Å²) in [7, 11) is 1.29. The van der Waals surface area contributed by atoms with E-state index in [2.05, 4.69) is 11.9 Å². The Balaban J connectivity index is 1.65. The van der Waals surface area contributed by atoms with Gasteiger partial charge in [-0.05, 0) is 53.3 Å². The molecule has 0 spiro atoms. The van der Waals surface area contributed by atoms with Gasteiger partial charge in [-0.3, -0.25) is 14.5 Å². The molecule has 176 valence electrons. The van der Waals surface area contributed by atoms with Crippen LogP contribution in [0, 0.1) is 0 Å². The van der Waals surface area contributed by atoms with Crippen molar-refractivity contribution in [2.75, 3.05) is 12.0 Å². The standard InChI is InChI=1S/C26H20N2O5S2/c1-3-14-6-11-17-19(13-14)35-26(27-17)28-21(15-7-9-16(10-8-15)25(32)33-2)20(23(30)24(28)31)22(29)18-5-4-12-34-18/h4-13,21,30H,3H2,1-2H3. The number of carbonyl (C=O) groups excluding carboxylic acids is 3. The number of Topliss-reactive ketones (excluding diaryl/α,β-unsaturated/α-hetero) is 1. The van der Waals surface area contributed by atoms with Crippen molar-refractivity contribution in [3.63, 3.8) is 0 Å². The quantitative estimate of drug-likeness (QED) is 0.276. The predicted molar refractivity (Wildman–Crippen MR) is 135 cm³/mol. The number of benzene rings is 2. The summed E-state index contributed by atoms with van der Waals surface area (Å²) >= 11 is 2.56. The van der Waals surface area contributed by atoms with Gasteiger partial charge in [0.25, 0.3) is 5.91 Å². The zero-order valence-corrected chi connectivity index (χ0v) is 20.5. The van der Waals surface area contributed by atoms with Crippen LogP contribution in [-0.4, -0.2) is 34.9 Å². The highest BCUT2D eigenvalue weighted by Crippen LogP contribution is 2.44. The van der Waals surface area contributed by atoms with Crippen LogP contribution in [-0.2, 0) is 16.0 Å². The Morgan fingerprint density at radius 2 is 1.91 bits per heavy atom. The van der Waals surface area contributed by atoms with E-state index in [-0.39, 0.29) is 5.57 Å². The topological polar surface area (TPSA) is 96.8 Å². The molecule has 0 saturated heterocycles. The molecule has 2 aromatic heterocycles. The van der Waals surface area contributed by atoms with E-state index in [1.54, 1.807) is 41.8 Å². The third-order valence-corrected chi connectivity index (χ3v) is 7.79. The number of carbonyl (C=O) groups is 3. The van der Waals surface area contributed by atoms with E-state index in [1.165, 1.54) is 34.7 Å². The number of methoxy groups -OCH3 is 1. The van der Waals surface area contributed by atoms with Gasteiger partial charge in [-0.1, -0.05) is 42.5 Å². The lowest BCUT2D eigenvalue weighted by Crippen LogP contribution is -2.31. The van der Waals surface area contributed by atoms with Crippen LogP contribution in [0.4, 0.5) is 5.13 Å². The van der Waals surface area contributed by atoms with Gasteiger partial charge < -0.3 is 9.84 Å². The van der Waals surface area contributed by atoms with Crippen LogP contribution in [0.25, 0.3) is 10.2 Å². The minimum absolute atomic E-state index is 0.0169. The number of aliphatic hydroxyl groups excluding tert-OH is 1. The first-order chi connectivity index (χ1) is 16.9. The zero-order valence-electron chi connectivity index (χ0n) is 18.8. The van der Waals surface area contributed by atoms with Gasteiger partial charge in [0.2, 0.25) is 5.78 Å². The lowest BCUT2D eigenvalue weighted by atomic mass is 9.95. The number of rotatable bonds is 6. The van der Waals surface area contributed by atoms with E-state index in [0.717, 1.165) is 22.2 Å². The fourth-order valence-electron chi connectivity index (χ4n) is 4.09. The van der Waals surface area contributed by atoms with Crippen LogP contribution in [0.5, 0.6) is 0 Å². The Kier molecular flexibility index (Phi) is 5.96. The van der Waals surface area contributed by atoms with Crippen LogP contribution < -0.4 is 4.90 Å². The summed E-state index contributed by atoms with van der Waals surface area (Å²) in [5.41, 5.74) is 2.75. The van der Waals surface area contributed by atoms with Crippen molar-refractivity contribution in [3.8, 4) is 0 Å². The molecule has 1 N–H and O–H groups in total. The highest BCUT2D eigenvalue weighted by atomic mass is 32.1. The summed E-state index contributed by atoms with van der Waals surface area (Å²) < 4.78 is 5.68. The fourth-order valence-corrected chi connectivity index (χ4v) is 5.82. The maximum absolute atomic E-state index is 13.4. The van der Waals surface area contributed by atoms with E-state index in [1.807, 2.05) is 18.2 Å². The second-order valence-corrected chi connectivity index (χ2v) is 9.87. The van der Waals surface area contributed by atoms with E-state index >= 15 is 0 Å². The highest BCUT2D eigenvalue weighted by Gasteiger charge is 2.46. The molecule has 1 amide bonds. The fraction of sp³-hybridized carbons (Fsp3) is 0.154. The number of amides is 1. The van der Waals surface area contributed by atoms with Crippen LogP contribution >= 0.6 is 22.7 Å². The second-order valence-electron chi connectivity index (χ2n) is 7.91. The maximum Gasteiger partial charge on any atom is 0.337 e. The van der Waals surface area contributed by atoms with Crippen molar-refractivity contribution in [2.24, 2.45) is 0 Å². The number of nitrogens with zero attached hydrogens (tertiary/aromatic N) is 2. The van der Waals surface area contributed by atoms with Crippen molar-refractivity contribution in [3.05, 3.63) is 92.9 Å². The summed E-state index contributed by atoms with van der Waals surface area (Å²) in [6.07, 6.45) is 0.864. The minimum Gasteiger partial charge on any atom is -0.503 e. The summed E-state index contributed by atoms with van der Waals surface area (Å²) in [6, 6.07) is 14.8. The molecular formula is C26H20N2O5S2. The molecule has 5 rings (SSSR count). The van der Waals surface area contributed by atoms with E-state index in [4.69, 9.17) is 4.74 Å². The average molecular weight is 505 g/mol. The van der Waals surface area contributed by atoms with Crippen molar-refractivity contribution in [1.29, 1.82) is 0 Å². The first-order valence-electron chi connectivity index (χ1n) is 10.9. The first-order valence-corrected chi connectivity index (χ1v) is 12.5. The number of hydrogen-bond acceptors (Lipinski definition) is 8. The number of thiazole rings is 1. The number of thiophene rings is 1. The van der Waals surface area contributed by atoms with Crippen LogP contribution in [0.2, 0.25) is 0 Å². The molecule has 7 nitrogen and oxygen atoms in total. The molecule has 1 atom stereocenters. The Labute approximate surface area is 208 Å². The van der Waals surface area contributed by atoms with Crippen molar-refractivity contribution in [2.45, 2.75) is 19.4 Å². The number of ether oxygens (including phenoxy) is 1. The molecular weight excluding hydrogens is 484 g/mol. The molecule has 0 saturated carbocycles. The van der Waals surface area contributed by atoms with E-state index in [9.17, 15) is 19.5 Å². The smallest absolute Gasteiger partial charge is 0.337 e. The highest BCUT2D eigenvalue weighted by molar-refractivity contribution is 7.22. The third-order valence-electron chi connectivity index (χ3n) is 5.90. The largest absolute Gasteiger partial charge is 0.503 e. The summed E-state index contributed by atoms with van der Waals surface area (Å²) in [4.78, 5) is 45.1. The van der Waals surface area contributed by atoms with Crippen molar-refractivity contribution < 1.29 is 24.2 Å². The normalized spacial score (nSPS) is 15.8. The second kappa shape index (κ2) is 9.09. The summed E-state index contributed by atoms with van der Waals surface area (Å²) in [6.45, 7) is 2.06. The number of esters is 1. The van der Waals surface area contributed by atoms with E-state index < -0.39 is 29.5 Å². The zero-order chi connectivity index (χ0) is 24.7. The van der Waals surface area contributed by atoms with Crippen molar-refractivity contribution in [1.82, 2.24) is 4.98 Å². The number of hydrogen-bond donors (Lipinski definition) is 1. The van der Waals surface area contributed by atoms with Crippen LogP contribution in [0.15, 0.2) is 71.3 Å². The molecule has 9 heteroatoms. The van der Waals surface area contributed by atoms with E-state index in [0.29, 0.717) is 21.1 Å². The first kappa shape index (κ1) is 22.9. The lowest BCUT2D eigenvalue weighted by Gasteiger charge is -2.24. The van der Waals surface area contributed by atoms with Gasteiger partial charge in [0, 0.05) is 0 Å². The number of aryl methyl sites for hydroxylation is 1. The summed E-state index contributed by atoms with van der Waals surface area (Å²) in [5, 5.41) is 13.0. The SMILES string of the molecule is CCc1ccc2nc(N3C(=O)C(O)=C(C(=O)c4cccs4)C3c3ccc(C(=O)OC)cc3)sc2c1. The van der Waals surface area contributed by atoms with Gasteiger partial charge in [-0.15, -0.1) is 11.3 Å². The molecule has 2 aromatic carbocycles. The molecule has 4 aromatic rings. The molecule has 1 unspecified atom stereocenters. The van der Waals surface area contributed by atoms with Crippen LogP contribution in [0.1, 0.15) is 44.1 Å². The van der Waals surface area contributed by atoms with Crippen molar-refractivity contribution >= 4 is 55.7 Å². The number of fused-ring (bicyclic) bond motifs is 1. The van der Waals surface area contributed by atoms with Gasteiger partial charge in [0.15, 0.2) is 10.9 Å². The molecule has 0 radical (unpaired) electrons. The molecule has 35 heavy (non-hydrogen) atoms. The monoisotopic (exact) mass is 504 g/mol.